The molecule has 2 aromatic rings. The number of carbonyl (C=O) groups excluding carboxylic acids is 1. The van der Waals surface area contributed by atoms with Crippen LogP contribution in [0, 0.1) is 6.92 Å². The van der Waals surface area contributed by atoms with Crippen molar-refractivity contribution >= 4 is 11.8 Å². The quantitative estimate of drug-likeness (QED) is 0.900. The molecule has 1 N–H and O–H groups in total. The Kier molecular flexibility index (Phi) is 4.22. The van der Waals surface area contributed by atoms with Gasteiger partial charge in [0.2, 0.25) is 0 Å². The smallest absolute Gasteiger partial charge is 0.412 e. The van der Waals surface area contributed by atoms with Gasteiger partial charge in [0.25, 0.3) is 0 Å². The van der Waals surface area contributed by atoms with Gasteiger partial charge in [-0.1, -0.05) is 42.0 Å². The number of ether oxygens (including phenoxy) is 1. The molecule has 4 heteroatoms. The summed E-state index contributed by atoms with van der Waals surface area (Å²) in [5, 5.41) is 2.99. The monoisotopic (exact) mass is 336 g/mol. The van der Waals surface area contributed by atoms with E-state index in [1.807, 2.05) is 30.3 Å². The molecule has 3 aliphatic heterocycles. The van der Waals surface area contributed by atoms with E-state index in [0.717, 1.165) is 61.3 Å². The van der Waals surface area contributed by atoms with Gasteiger partial charge in [-0.3, -0.25) is 5.32 Å². The molecule has 0 radical (unpaired) electrons. The number of piperidine rings is 3. The molecule has 2 aromatic carbocycles. The van der Waals surface area contributed by atoms with E-state index in [4.69, 9.17) is 4.74 Å². The molecule has 0 spiro atoms. The van der Waals surface area contributed by atoms with Crippen LogP contribution in [0.5, 0.6) is 0 Å². The lowest BCUT2D eigenvalue weighted by Gasteiger charge is -2.47. The third-order valence-corrected chi connectivity index (χ3v) is 5.46. The van der Waals surface area contributed by atoms with Gasteiger partial charge in [0.1, 0.15) is 5.60 Å². The molecule has 5 rings (SSSR count). The molecule has 3 fully saturated rings. The van der Waals surface area contributed by atoms with Crippen LogP contribution in [0.1, 0.15) is 24.8 Å². The summed E-state index contributed by atoms with van der Waals surface area (Å²) in [5.74, 6) is 0. The summed E-state index contributed by atoms with van der Waals surface area (Å²) in [5.41, 5.74) is 3.80. The van der Waals surface area contributed by atoms with Crippen LogP contribution in [0.3, 0.4) is 0 Å². The fourth-order valence-corrected chi connectivity index (χ4v) is 3.90. The van der Waals surface area contributed by atoms with E-state index in [2.05, 4.69) is 35.3 Å². The number of aryl methyl sites for hydroxylation is 1. The number of carbonyl (C=O) groups is 1. The maximum absolute atomic E-state index is 12.6. The van der Waals surface area contributed by atoms with E-state index >= 15 is 0 Å². The normalized spacial score (nSPS) is 24.8. The van der Waals surface area contributed by atoms with Crippen molar-refractivity contribution in [1.29, 1.82) is 0 Å². The third-order valence-electron chi connectivity index (χ3n) is 5.46. The summed E-state index contributed by atoms with van der Waals surface area (Å²) < 4.78 is 5.91. The molecule has 25 heavy (non-hydrogen) atoms. The van der Waals surface area contributed by atoms with Crippen molar-refractivity contribution in [2.75, 3.05) is 25.0 Å². The number of nitrogens with zero attached hydrogens (tertiary/aromatic N) is 1. The van der Waals surface area contributed by atoms with Crippen LogP contribution in [-0.2, 0) is 4.74 Å². The number of benzene rings is 2. The number of hydrogen-bond acceptors (Lipinski definition) is 3. The second-order valence-corrected chi connectivity index (χ2v) is 7.20. The Labute approximate surface area is 148 Å². The van der Waals surface area contributed by atoms with Crippen molar-refractivity contribution in [3.63, 3.8) is 0 Å². The van der Waals surface area contributed by atoms with Crippen molar-refractivity contribution in [2.45, 2.75) is 31.8 Å². The lowest BCUT2D eigenvalue weighted by Crippen LogP contribution is -2.54. The number of rotatable bonds is 3. The zero-order valence-corrected chi connectivity index (χ0v) is 14.6. The third kappa shape index (κ3) is 3.40. The largest absolute Gasteiger partial charge is 0.443 e. The number of hydrogen-bond donors (Lipinski definition) is 1. The van der Waals surface area contributed by atoms with Gasteiger partial charge in [-0.05, 0) is 24.6 Å². The van der Waals surface area contributed by atoms with Gasteiger partial charge in [0.05, 0.1) is 5.69 Å². The zero-order chi connectivity index (χ0) is 17.3. The predicted octanol–water partition coefficient (Wildman–Crippen LogP) is 4.45. The minimum absolute atomic E-state index is 0.267. The Bertz CT molecular complexity index is 751. The first-order valence-corrected chi connectivity index (χ1v) is 9.02. The lowest BCUT2D eigenvalue weighted by molar-refractivity contribution is -0.0742. The maximum Gasteiger partial charge on any atom is 0.412 e. The van der Waals surface area contributed by atoms with Gasteiger partial charge >= 0.3 is 6.09 Å². The number of amides is 1. The fraction of sp³-hybridized carbons (Fsp3) is 0.381. The first kappa shape index (κ1) is 16.2. The topological polar surface area (TPSA) is 41.6 Å². The minimum atomic E-state index is -0.337. The van der Waals surface area contributed by atoms with Crippen molar-refractivity contribution in [2.24, 2.45) is 0 Å². The van der Waals surface area contributed by atoms with Gasteiger partial charge in [-0.2, -0.15) is 0 Å². The van der Waals surface area contributed by atoms with Crippen LogP contribution in [0.2, 0.25) is 0 Å². The highest BCUT2D eigenvalue weighted by Gasteiger charge is 2.42. The molecule has 2 bridgehead atoms. The van der Waals surface area contributed by atoms with Crippen molar-refractivity contribution in [3.05, 3.63) is 54.1 Å². The lowest BCUT2D eigenvalue weighted by atomic mass is 9.83. The Balaban J connectivity index is 1.53. The van der Waals surface area contributed by atoms with Gasteiger partial charge in [0, 0.05) is 44.5 Å². The second kappa shape index (κ2) is 6.52. The highest BCUT2D eigenvalue weighted by atomic mass is 16.6. The second-order valence-electron chi connectivity index (χ2n) is 7.20. The molecule has 3 aliphatic rings. The molecular formula is C21H24N2O2. The molecule has 0 saturated carbocycles. The van der Waals surface area contributed by atoms with Crippen LogP contribution in [0.25, 0.3) is 11.1 Å². The summed E-state index contributed by atoms with van der Waals surface area (Å²) in [7, 11) is 0. The molecule has 3 saturated heterocycles. The van der Waals surface area contributed by atoms with Crippen LogP contribution >= 0.6 is 0 Å². The van der Waals surface area contributed by atoms with Gasteiger partial charge in [0.15, 0.2) is 0 Å². The number of fused-ring (bicyclic) bond motifs is 3. The van der Waals surface area contributed by atoms with Crippen LogP contribution < -0.4 is 5.32 Å². The Hall–Kier alpha value is -2.33. The molecule has 0 aromatic heterocycles. The molecule has 3 heterocycles. The SMILES string of the molecule is Cc1ccc(NC(=O)OC23CCN(CC2)CC3)c(-c2ccccc2)c1. The molecule has 0 aliphatic carbocycles. The molecular weight excluding hydrogens is 312 g/mol. The molecule has 130 valence electrons. The maximum atomic E-state index is 12.6. The molecule has 1 amide bonds. The molecule has 4 nitrogen and oxygen atoms in total. The highest BCUT2D eigenvalue weighted by molar-refractivity contribution is 5.91. The van der Waals surface area contributed by atoms with Crippen molar-refractivity contribution < 1.29 is 9.53 Å². The Morgan fingerprint density at radius 2 is 1.72 bits per heavy atom. The van der Waals surface area contributed by atoms with Gasteiger partial charge in [-0.25, -0.2) is 4.79 Å². The zero-order valence-electron chi connectivity index (χ0n) is 14.6. The first-order valence-electron chi connectivity index (χ1n) is 9.02. The van der Waals surface area contributed by atoms with Gasteiger partial charge in [-0.15, -0.1) is 0 Å². The minimum Gasteiger partial charge on any atom is -0.443 e. The van der Waals surface area contributed by atoms with E-state index in [0.29, 0.717) is 0 Å². The molecule has 0 atom stereocenters. The summed E-state index contributed by atoms with van der Waals surface area (Å²) in [6.45, 7) is 5.16. The number of anilines is 1. The molecule has 0 unspecified atom stereocenters. The first-order chi connectivity index (χ1) is 12.1. The highest BCUT2D eigenvalue weighted by Crippen LogP contribution is 2.36. The van der Waals surface area contributed by atoms with E-state index < -0.39 is 0 Å². The average Bonchev–Trinajstić information content (AvgIpc) is 2.65. The Morgan fingerprint density at radius 1 is 1.04 bits per heavy atom. The summed E-state index contributed by atoms with van der Waals surface area (Å²) >= 11 is 0. The van der Waals surface area contributed by atoms with E-state index in [9.17, 15) is 4.79 Å². The Morgan fingerprint density at radius 3 is 2.40 bits per heavy atom. The van der Waals surface area contributed by atoms with Crippen LogP contribution in [0.15, 0.2) is 48.5 Å². The predicted molar refractivity (Wildman–Crippen MR) is 99.7 cm³/mol. The van der Waals surface area contributed by atoms with Crippen LogP contribution in [0.4, 0.5) is 10.5 Å². The summed E-state index contributed by atoms with van der Waals surface area (Å²) in [6.07, 6.45) is 2.50. The van der Waals surface area contributed by atoms with E-state index in [-0.39, 0.29) is 11.7 Å². The summed E-state index contributed by atoms with van der Waals surface area (Å²) in [4.78, 5) is 15.0. The van der Waals surface area contributed by atoms with Crippen molar-refractivity contribution in [1.82, 2.24) is 4.90 Å². The van der Waals surface area contributed by atoms with Crippen LogP contribution in [-0.4, -0.2) is 36.2 Å². The fourth-order valence-electron chi connectivity index (χ4n) is 3.90. The van der Waals surface area contributed by atoms with Gasteiger partial charge < -0.3 is 9.64 Å². The van der Waals surface area contributed by atoms with E-state index in [1.165, 1.54) is 0 Å². The van der Waals surface area contributed by atoms with Crippen molar-refractivity contribution in [3.8, 4) is 11.1 Å². The standard InChI is InChI=1S/C21H24N2O2/c1-16-7-8-19(18(15-16)17-5-3-2-4-6-17)22-20(24)25-21-9-12-23(13-10-21)14-11-21/h2-8,15H,9-14H2,1H3,(H,22,24). The number of nitrogens with one attached hydrogen (secondary N) is 1. The average molecular weight is 336 g/mol. The summed E-state index contributed by atoms with van der Waals surface area (Å²) in [6, 6.07) is 16.2. The van der Waals surface area contributed by atoms with E-state index in [1.54, 1.807) is 0 Å².